The van der Waals surface area contributed by atoms with Crippen molar-refractivity contribution in [1.29, 1.82) is 0 Å². The van der Waals surface area contributed by atoms with Crippen LogP contribution in [0.4, 0.5) is 5.69 Å². The van der Waals surface area contributed by atoms with Crippen LogP contribution in [0.1, 0.15) is 6.92 Å². The first-order valence-electron chi connectivity index (χ1n) is 6.00. The molecular weight excluding hydrogens is 256 g/mol. The fourth-order valence-electron chi connectivity index (χ4n) is 1.99. The summed E-state index contributed by atoms with van der Waals surface area (Å²) >= 11 is 1.73. The molecule has 0 unspecified atom stereocenters. The van der Waals surface area contributed by atoms with Crippen molar-refractivity contribution in [3.63, 3.8) is 0 Å². The van der Waals surface area contributed by atoms with Gasteiger partial charge in [-0.2, -0.15) is 4.40 Å². The lowest BCUT2D eigenvalue weighted by Gasteiger charge is -2.02. The molecule has 2 aromatic heterocycles. The van der Waals surface area contributed by atoms with Gasteiger partial charge in [-0.15, -0.1) is 0 Å². The van der Waals surface area contributed by atoms with Crippen molar-refractivity contribution in [3.8, 4) is 10.4 Å². The predicted octanol–water partition coefficient (Wildman–Crippen LogP) is 3.11. The molecule has 4 heteroatoms. The summed E-state index contributed by atoms with van der Waals surface area (Å²) in [5.41, 5.74) is 1.94. The molecule has 0 bridgehead atoms. The number of thiazole rings is 1. The predicted molar refractivity (Wildman–Crippen MR) is 77.2 cm³/mol. The molecule has 94 valence electrons. The Bertz CT molecular complexity index is 715. The van der Waals surface area contributed by atoms with Crippen LogP contribution in [0.15, 0.2) is 54.9 Å². The Morgan fingerprint density at radius 2 is 2.11 bits per heavy atom. The van der Waals surface area contributed by atoms with Gasteiger partial charge in [-0.1, -0.05) is 23.5 Å². The van der Waals surface area contributed by atoms with Crippen LogP contribution >= 0.6 is 11.3 Å². The van der Waals surface area contributed by atoms with Gasteiger partial charge in [0.2, 0.25) is 5.91 Å². The highest BCUT2D eigenvalue weighted by Crippen LogP contribution is 2.27. The molecule has 3 aromatic rings. The van der Waals surface area contributed by atoms with Crippen LogP contribution in [0.3, 0.4) is 0 Å². The van der Waals surface area contributed by atoms with Crippen LogP contribution in [0.2, 0.25) is 0 Å². The number of nitrogens with zero attached hydrogens (tertiary/aromatic N) is 1. The van der Waals surface area contributed by atoms with E-state index in [2.05, 4.69) is 28.0 Å². The van der Waals surface area contributed by atoms with E-state index in [-0.39, 0.29) is 5.91 Å². The molecule has 3 nitrogen and oxygen atoms in total. The van der Waals surface area contributed by atoms with Gasteiger partial charge < -0.3 is 5.32 Å². The topological polar surface area (TPSA) is 33.2 Å². The fourth-order valence-corrected chi connectivity index (χ4v) is 2.99. The maximum Gasteiger partial charge on any atom is 0.267 e. The third-order valence-electron chi connectivity index (χ3n) is 2.79. The smallest absolute Gasteiger partial charge is 0.267 e. The number of carbonyl (C=O) groups excluding carboxylic acids is 1. The van der Waals surface area contributed by atoms with Crippen LogP contribution in [0, 0.1) is 0 Å². The lowest BCUT2D eigenvalue weighted by molar-refractivity contribution is -0.506. The molecule has 0 saturated carbocycles. The third-order valence-corrected chi connectivity index (χ3v) is 3.91. The molecule has 0 radical (unpaired) electrons. The first-order chi connectivity index (χ1) is 9.22. The van der Waals surface area contributed by atoms with E-state index in [1.165, 1.54) is 16.6 Å². The highest BCUT2D eigenvalue weighted by molar-refractivity contribution is 7.20. The minimum atomic E-state index is -0.0529. The van der Waals surface area contributed by atoms with Crippen molar-refractivity contribution in [1.82, 2.24) is 0 Å². The Kier molecular flexibility index (Phi) is 3.01. The summed E-state index contributed by atoms with van der Waals surface area (Å²) in [6.45, 7) is 1.52. The van der Waals surface area contributed by atoms with Crippen molar-refractivity contribution < 1.29 is 9.20 Å². The quantitative estimate of drug-likeness (QED) is 0.712. The molecule has 1 N–H and O–H groups in total. The number of hydrogen-bond acceptors (Lipinski definition) is 2. The summed E-state index contributed by atoms with van der Waals surface area (Å²) < 4.78 is 2.10. The van der Waals surface area contributed by atoms with Crippen LogP contribution in [-0.2, 0) is 4.79 Å². The molecule has 0 fully saturated rings. The summed E-state index contributed by atoms with van der Waals surface area (Å²) in [4.78, 5) is 13.5. The first-order valence-corrected chi connectivity index (χ1v) is 6.82. The molecule has 0 atom stereocenters. The van der Waals surface area contributed by atoms with Crippen molar-refractivity contribution >= 4 is 27.8 Å². The second-order valence-electron chi connectivity index (χ2n) is 4.30. The Balaban J connectivity index is 2.03. The zero-order chi connectivity index (χ0) is 13.2. The van der Waals surface area contributed by atoms with E-state index in [1.807, 2.05) is 36.5 Å². The number of carbonyl (C=O) groups is 1. The van der Waals surface area contributed by atoms with Crippen molar-refractivity contribution in [2.75, 3.05) is 5.32 Å². The second kappa shape index (κ2) is 4.82. The molecule has 0 spiro atoms. The molecule has 0 saturated heterocycles. The average Bonchev–Trinajstić information content (AvgIpc) is 2.82. The number of aromatic nitrogens is 1. The molecule has 0 aliphatic heterocycles. The molecule has 0 aliphatic rings. The van der Waals surface area contributed by atoms with Crippen LogP contribution < -0.4 is 9.72 Å². The summed E-state index contributed by atoms with van der Waals surface area (Å²) in [5, 5.41) is 2.81. The van der Waals surface area contributed by atoms with E-state index in [9.17, 15) is 4.79 Å². The standard InChI is InChI=1S/C15H12N2OS/c1-11(18)16-13-6-4-5-12(9-13)14-10-17-8-3-2-7-15(17)19-14/h2-10H,1H3/p+1. The van der Waals surface area contributed by atoms with Gasteiger partial charge in [-0.05, 0) is 18.2 Å². The van der Waals surface area contributed by atoms with Crippen LogP contribution in [0.25, 0.3) is 15.3 Å². The number of amides is 1. The molecule has 0 aliphatic carbocycles. The molecule has 2 heterocycles. The van der Waals surface area contributed by atoms with E-state index in [4.69, 9.17) is 0 Å². The van der Waals surface area contributed by atoms with Gasteiger partial charge in [-0.25, -0.2) is 0 Å². The minimum absolute atomic E-state index is 0.0529. The maximum atomic E-state index is 11.1. The number of rotatable bonds is 2. The second-order valence-corrected chi connectivity index (χ2v) is 5.37. The van der Waals surface area contributed by atoms with Crippen molar-refractivity contribution in [3.05, 3.63) is 54.9 Å². The number of hydrogen-bond donors (Lipinski definition) is 1. The lowest BCUT2D eigenvalue weighted by Crippen LogP contribution is -2.15. The van der Waals surface area contributed by atoms with E-state index in [0.29, 0.717) is 0 Å². The minimum Gasteiger partial charge on any atom is -0.326 e. The number of nitrogens with one attached hydrogen (secondary N) is 1. The highest BCUT2D eigenvalue weighted by atomic mass is 32.1. The summed E-state index contributed by atoms with van der Waals surface area (Å²) in [6.07, 6.45) is 4.14. The number of anilines is 1. The molecule has 3 rings (SSSR count). The number of benzene rings is 1. The molecule has 1 amide bonds. The van der Waals surface area contributed by atoms with Crippen molar-refractivity contribution in [2.45, 2.75) is 6.92 Å². The molecule has 1 aromatic carbocycles. The zero-order valence-electron chi connectivity index (χ0n) is 10.5. The van der Waals surface area contributed by atoms with Crippen molar-refractivity contribution in [2.24, 2.45) is 0 Å². The first kappa shape index (κ1) is 11.9. The molecular formula is C15H13N2OS+. The highest BCUT2D eigenvalue weighted by Gasteiger charge is 2.11. The van der Waals surface area contributed by atoms with Gasteiger partial charge in [0.25, 0.3) is 4.83 Å². The van der Waals surface area contributed by atoms with Gasteiger partial charge in [0, 0.05) is 30.3 Å². The van der Waals surface area contributed by atoms with Crippen LogP contribution in [-0.4, -0.2) is 5.91 Å². The number of fused-ring (bicyclic) bond motifs is 1. The largest absolute Gasteiger partial charge is 0.326 e. The van der Waals surface area contributed by atoms with Gasteiger partial charge in [0.1, 0.15) is 4.88 Å². The van der Waals surface area contributed by atoms with E-state index >= 15 is 0 Å². The van der Waals surface area contributed by atoms with Gasteiger partial charge in [0.15, 0.2) is 12.4 Å². The van der Waals surface area contributed by atoms with E-state index < -0.39 is 0 Å². The van der Waals surface area contributed by atoms with Gasteiger partial charge in [0.05, 0.1) is 0 Å². The van der Waals surface area contributed by atoms with Gasteiger partial charge >= 0.3 is 0 Å². The van der Waals surface area contributed by atoms with Crippen LogP contribution in [0.5, 0.6) is 0 Å². The van der Waals surface area contributed by atoms with E-state index in [1.54, 1.807) is 11.3 Å². The summed E-state index contributed by atoms with van der Waals surface area (Å²) in [6, 6.07) is 14.0. The molecule has 19 heavy (non-hydrogen) atoms. The third kappa shape index (κ3) is 2.48. The van der Waals surface area contributed by atoms with E-state index in [0.717, 1.165) is 11.3 Å². The Morgan fingerprint density at radius 3 is 2.89 bits per heavy atom. The zero-order valence-corrected chi connectivity index (χ0v) is 11.3. The van der Waals surface area contributed by atoms with Gasteiger partial charge in [-0.3, -0.25) is 4.79 Å². The lowest BCUT2D eigenvalue weighted by atomic mass is 10.2. The monoisotopic (exact) mass is 269 g/mol. The summed E-state index contributed by atoms with van der Waals surface area (Å²) in [5.74, 6) is -0.0529. The average molecular weight is 269 g/mol. The number of pyridine rings is 1. The fraction of sp³-hybridized carbons (Fsp3) is 0.0667. The Hall–Kier alpha value is -2.20. The summed E-state index contributed by atoms with van der Waals surface area (Å²) in [7, 11) is 0. The Labute approximate surface area is 115 Å². The maximum absolute atomic E-state index is 11.1. The Morgan fingerprint density at radius 1 is 1.21 bits per heavy atom. The normalized spacial score (nSPS) is 10.6. The SMILES string of the molecule is CC(=O)Nc1cccc(-c2c[n+]3ccccc3s2)c1.